The first-order chi connectivity index (χ1) is 29.9. The van der Waals surface area contributed by atoms with Gasteiger partial charge in [0.25, 0.3) is 0 Å². The molecule has 0 fully saturated rings. The molecule has 0 aliphatic rings. The molecule has 10 rings (SSSR count). The normalized spacial score (nSPS) is 11.9. The summed E-state index contributed by atoms with van der Waals surface area (Å²) in [4.78, 5) is 9.96. The average molecular weight is 1030 g/mol. The number of pyridine rings is 1. The first kappa shape index (κ1) is 44.4. The summed E-state index contributed by atoms with van der Waals surface area (Å²) in [6, 6.07) is 54.9. The number of thiophene rings is 1. The molecule has 0 unspecified atom stereocenters. The third-order valence-electron chi connectivity index (χ3n) is 12.1. The average Bonchev–Trinajstić information content (AvgIpc) is 3.84. The van der Waals surface area contributed by atoms with Crippen LogP contribution in [0.4, 0.5) is 0 Å². The molecule has 0 saturated carbocycles. The van der Waals surface area contributed by atoms with Crippen LogP contribution in [0, 0.1) is 18.1 Å². The molecule has 0 amide bonds. The van der Waals surface area contributed by atoms with Crippen LogP contribution >= 0.6 is 11.3 Å². The largest absolute Gasteiger partial charge is 0.333 e. The van der Waals surface area contributed by atoms with E-state index < -0.39 is 8.07 Å². The van der Waals surface area contributed by atoms with Gasteiger partial charge in [-0.05, 0) is 96.0 Å². The Labute approximate surface area is 391 Å². The molecule has 0 aliphatic heterocycles. The van der Waals surface area contributed by atoms with E-state index in [4.69, 9.17) is 4.98 Å². The number of imidazole rings is 1. The molecule has 10 aromatic rings. The molecule has 0 atom stereocenters. The topological polar surface area (TPSA) is 30.7 Å². The second kappa shape index (κ2) is 18.1. The number of aromatic nitrogens is 3. The molecule has 3 aromatic heterocycles. The van der Waals surface area contributed by atoms with Gasteiger partial charge in [0.2, 0.25) is 0 Å². The Morgan fingerprint density at radius 2 is 1.37 bits per heavy atom. The van der Waals surface area contributed by atoms with Gasteiger partial charge in [0.1, 0.15) is 0 Å². The first-order valence-corrected chi connectivity index (χ1v) is 26.4. The molecule has 6 heteroatoms. The minimum Gasteiger partial charge on any atom is -0.333 e. The monoisotopic (exact) mass is 1030 g/mol. The molecule has 7 aromatic carbocycles. The quantitative estimate of drug-likeness (QED) is 0.0863. The molecule has 3 heterocycles. The van der Waals surface area contributed by atoms with Crippen molar-refractivity contribution in [2.75, 3.05) is 0 Å². The molecule has 0 saturated heterocycles. The fourth-order valence-electron chi connectivity index (χ4n) is 9.12. The molecule has 63 heavy (non-hydrogen) atoms. The van der Waals surface area contributed by atoms with Crippen LogP contribution in [0.25, 0.3) is 81.1 Å². The SMILES string of the molecule is CC(C)Cc1cc(-c2[c-]cccc2)ncc1[Si](C)(C)C.CC(C)c1cccc(C(C)C)c1-n1c(-c2[c-]cc3sc4ccc5c6ccccc6ccc5c4c3c2)nc2ccccc21.[Ir]. The van der Waals surface area contributed by atoms with E-state index in [0.717, 1.165) is 40.1 Å². The number of para-hydroxylation sites is 3. The van der Waals surface area contributed by atoms with Gasteiger partial charge >= 0.3 is 0 Å². The summed E-state index contributed by atoms with van der Waals surface area (Å²) < 4.78 is 4.96. The van der Waals surface area contributed by atoms with Gasteiger partial charge in [-0.15, -0.1) is 59.7 Å². The Kier molecular flexibility index (Phi) is 12.7. The van der Waals surface area contributed by atoms with Crippen LogP contribution in [0.3, 0.4) is 0 Å². The van der Waals surface area contributed by atoms with Crippen molar-refractivity contribution in [1.82, 2.24) is 14.5 Å². The summed E-state index contributed by atoms with van der Waals surface area (Å²) in [7, 11) is -1.34. The Morgan fingerprint density at radius 1 is 0.651 bits per heavy atom. The maximum atomic E-state index is 5.27. The maximum absolute atomic E-state index is 5.27. The van der Waals surface area contributed by atoms with Crippen molar-refractivity contribution in [3.8, 4) is 28.3 Å². The number of hydrogen-bond donors (Lipinski definition) is 0. The number of benzene rings is 7. The fourth-order valence-corrected chi connectivity index (χ4v) is 11.8. The summed E-state index contributed by atoms with van der Waals surface area (Å²) in [6.07, 6.45) is 3.24. The van der Waals surface area contributed by atoms with Crippen molar-refractivity contribution < 1.29 is 20.1 Å². The van der Waals surface area contributed by atoms with Gasteiger partial charge in [0, 0.05) is 36.7 Å². The Hall–Kier alpha value is -5.23. The van der Waals surface area contributed by atoms with Crippen molar-refractivity contribution in [1.29, 1.82) is 0 Å². The van der Waals surface area contributed by atoms with Crippen LogP contribution in [0.15, 0.2) is 140 Å². The number of nitrogens with zero attached hydrogens (tertiary/aromatic N) is 3. The third kappa shape index (κ3) is 8.59. The summed E-state index contributed by atoms with van der Waals surface area (Å²) in [6.45, 7) is 20.9. The molecule has 0 spiro atoms. The minimum atomic E-state index is -1.34. The molecule has 0 N–H and O–H groups in total. The zero-order valence-electron chi connectivity index (χ0n) is 37.8. The van der Waals surface area contributed by atoms with E-state index >= 15 is 0 Å². The summed E-state index contributed by atoms with van der Waals surface area (Å²) in [5, 5.41) is 9.25. The molecular weight excluding hydrogens is 979 g/mol. The van der Waals surface area contributed by atoms with Crippen LogP contribution < -0.4 is 5.19 Å². The minimum absolute atomic E-state index is 0. The standard InChI is InChI=1S/C39H31N2S.C18H24NSi.Ir/c1-23(2)27-12-9-13-28(24(3)4)38(27)41-34-15-8-7-14-33(34)40-39(41)26-17-20-35-32(22-26)37-31-18-16-25-10-5-6-11-29(25)30(31)19-21-36(37)42-35;1-14(2)11-16-12-17(15-9-7-6-8-10-15)19-13-18(16)20(3,4)5;/h5-16,18-24H,1-4H3;6-9,12-14H,11H2,1-5H3;/q2*-1;. The van der Waals surface area contributed by atoms with Gasteiger partial charge in [0.15, 0.2) is 0 Å². The van der Waals surface area contributed by atoms with Crippen molar-refractivity contribution in [3.05, 3.63) is 168 Å². The smallest absolute Gasteiger partial charge is 0.0798 e. The number of rotatable bonds is 8. The van der Waals surface area contributed by atoms with Crippen molar-refractivity contribution in [2.45, 2.75) is 79.4 Å². The van der Waals surface area contributed by atoms with Gasteiger partial charge in [-0.25, -0.2) is 0 Å². The molecule has 319 valence electrons. The second-order valence-electron chi connectivity index (χ2n) is 18.8. The summed E-state index contributed by atoms with van der Waals surface area (Å²) >= 11 is 1.85. The van der Waals surface area contributed by atoms with Crippen LogP contribution in [-0.2, 0) is 26.5 Å². The molecule has 1 radical (unpaired) electrons. The van der Waals surface area contributed by atoms with Crippen molar-refractivity contribution in [2.24, 2.45) is 5.92 Å². The Morgan fingerprint density at radius 3 is 2.08 bits per heavy atom. The van der Waals surface area contributed by atoms with E-state index in [1.807, 2.05) is 29.5 Å². The van der Waals surface area contributed by atoms with E-state index in [1.54, 1.807) is 0 Å². The second-order valence-corrected chi connectivity index (χ2v) is 24.9. The predicted molar refractivity (Wildman–Crippen MR) is 271 cm³/mol. The van der Waals surface area contributed by atoms with Crippen molar-refractivity contribution >= 4 is 77.3 Å². The molecule has 0 bridgehead atoms. The maximum Gasteiger partial charge on any atom is 0.0798 e. The number of hydrogen-bond acceptors (Lipinski definition) is 3. The zero-order valence-corrected chi connectivity index (χ0v) is 42.0. The molecule has 0 aliphatic carbocycles. The van der Waals surface area contributed by atoms with E-state index in [-0.39, 0.29) is 20.1 Å². The van der Waals surface area contributed by atoms with Gasteiger partial charge in [-0.3, -0.25) is 4.98 Å². The summed E-state index contributed by atoms with van der Waals surface area (Å²) in [5.41, 5.74) is 10.7. The Balaban J connectivity index is 0.000000219. The number of fused-ring (bicyclic) bond motifs is 8. The zero-order chi connectivity index (χ0) is 43.3. The van der Waals surface area contributed by atoms with Gasteiger partial charge < -0.3 is 9.55 Å². The fraction of sp³-hybridized carbons (Fsp3) is 0.228. The summed E-state index contributed by atoms with van der Waals surface area (Å²) in [5.74, 6) is 2.36. The van der Waals surface area contributed by atoms with E-state index in [0.29, 0.717) is 17.8 Å². The first-order valence-electron chi connectivity index (χ1n) is 22.1. The van der Waals surface area contributed by atoms with E-state index in [9.17, 15) is 0 Å². The van der Waals surface area contributed by atoms with Gasteiger partial charge in [-0.1, -0.05) is 151 Å². The van der Waals surface area contributed by atoms with Crippen LogP contribution in [0.2, 0.25) is 19.6 Å². The molecule has 3 nitrogen and oxygen atoms in total. The van der Waals surface area contributed by atoms with Gasteiger partial charge in [0.05, 0.1) is 24.9 Å². The van der Waals surface area contributed by atoms with Crippen LogP contribution in [0.1, 0.15) is 70.1 Å². The van der Waals surface area contributed by atoms with Crippen molar-refractivity contribution in [3.63, 3.8) is 0 Å². The van der Waals surface area contributed by atoms with E-state index in [1.165, 1.54) is 69.3 Å². The van der Waals surface area contributed by atoms with E-state index in [2.05, 4.69) is 204 Å². The van der Waals surface area contributed by atoms with Gasteiger partial charge in [-0.2, -0.15) is 11.3 Å². The van der Waals surface area contributed by atoms with Crippen LogP contribution in [0.5, 0.6) is 0 Å². The van der Waals surface area contributed by atoms with Crippen LogP contribution in [-0.4, -0.2) is 22.6 Å². The Bertz CT molecular complexity index is 3220. The third-order valence-corrected chi connectivity index (χ3v) is 15.3. The molecular formula is C57H55IrN3SSi-2. The predicted octanol–water partition coefficient (Wildman–Crippen LogP) is 15.7.